The lowest BCUT2D eigenvalue weighted by Gasteiger charge is -2.46. The topological polar surface area (TPSA) is 81.2 Å². The van der Waals surface area contributed by atoms with E-state index in [4.69, 9.17) is 0 Å². The van der Waals surface area contributed by atoms with Crippen LogP contribution >= 0.6 is 0 Å². The minimum absolute atomic E-state index is 0.00965. The number of rotatable bonds is 2. The average molecular weight is 314 g/mol. The lowest BCUT2D eigenvalue weighted by molar-refractivity contribution is -0.149. The number of benzene rings is 1. The highest BCUT2D eigenvalue weighted by molar-refractivity contribution is 5.84. The average Bonchev–Trinajstić information content (AvgIpc) is 2.97. The van der Waals surface area contributed by atoms with Gasteiger partial charge in [0.2, 0.25) is 5.91 Å². The molecule has 1 amide bonds. The van der Waals surface area contributed by atoms with Crippen molar-refractivity contribution in [1.82, 2.24) is 20.4 Å². The molecule has 2 saturated heterocycles. The SMILES string of the molecule is O=C1NCCC[C@]12CN(Cc1[nH]nc3ccccc13)CC[C@H]2O. The molecule has 0 bridgehead atoms. The zero-order chi connectivity index (χ0) is 15.9. The molecular formula is C17H22N4O2. The van der Waals surface area contributed by atoms with Gasteiger partial charge in [-0.15, -0.1) is 0 Å². The van der Waals surface area contributed by atoms with Crippen molar-refractivity contribution >= 4 is 16.8 Å². The van der Waals surface area contributed by atoms with Gasteiger partial charge in [0.25, 0.3) is 0 Å². The predicted molar refractivity (Wildman–Crippen MR) is 86.7 cm³/mol. The predicted octanol–water partition coefficient (Wildman–Crippen LogP) is 1.03. The van der Waals surface area contributed by atoms with Crippen LogP contribution in [0.5, 0.6) is 0 Å². The van der Waals surface area contributed by atoms with Crippen LogP contribution in [0.3, 0.4) is 0 Å². The van der Waals surface area contributed by atoms with Crippen molar-refractivity contribution in [2.75, 3.05) is 19.6 Å². The van der Waals surface area contributed by atoms with Crippen molar-refractivity contribution in [3.8, 4) is 0 Å². The van der Waals surface area contributed by atoms with Crippen LogP contribution in [0.1, 0.15) is 25.0 Å². The fraction of sp³-hybridized carbons (Fsp3) is 0.529. The highest BCUT2D eigenvalue weighted by atomic mass is 16.3. The summed E-state index contributed by atoms with van der Waals surface area (Å²) >= 11 is 0. The number of hydrogen-bond donors (Lipinski definition) is 3. The molecule has 3 heterocycles. The fourth-order valence-electron chi connectivity index (χ4n) is 4.02. The van der Waals surface area contributed by atoms with E-state index in [0.29, 0.717) is 13.0 Å². The maximum atomic E-state index is 12.4. The van der Waals surface area contributed by atoms with Gasteiger partial charge in [-0.2, -0.15) is 5.10 Å². The summed E-state index contributed by atoms with van der Waals surface area (Å²) in [5.41, 5.74) is 1.39. The van der Waals surface area contributed by atoms with Crippen LogP contribution in [0.25, 0.3) is 10.9 Å². The minimum atomic E-state index is -0.647. The van der Waals surface area contributed by atoms with Crippen molar-refractivity contribution < 1.29 is 9.90 Å². The van der Waals surface area contributed by atoms with E-state index < -0.39 is 11.5 Å². The number of amides is 1. The third kappa shape index (κ3) is 2.42. The largest absolute Gasteiger partial charge is 0.392 e. The molecule has 2 aromatic rings. The van der Waals surface area contributed by atoms with Crippen LogP contribution in [-0.2, 0) is 11.3 Å². The number of piperidine rings is 2. The number of para-hydroxylation sites is 1. The molecule has 23 heavy (non-hydrogen) atoms. The molecule has 3 N–H and O–H groups in total. The number of carbonyl (C=O) groups is 1. The number of aromatic nitrogens is 2. The van der Waals surface area contributed by atoms with Crippen LogP contribution in [0, 0.1) is 5.41 Å². The first-order valence-electron chi connectivity index (χ1n) is 8.30. The molecule has 0 radical (unpaired) electrons. The molecule has 2 aliphatic rings. The molecule has 6 nitrogen and oxygen atoms in total. The van der Waals surface area contributed by atoms with Crippen LogP contribution in [0.15, 0.2) is 24.3 Å². The van der Waals surface area contributed by atoms with E-state index in [9.17, 15) is 9.90 Å². The molecule has 2 fully saturated rings. The maximum absolute atomic E-state index is 12.4. The van der Waals surface area contributed by atoms with Crippen LogP contribution < -0.4 is 5.32 Å². The molecule has 2 aliphatic heterocycles. The number of hydrogen-bond acceptors (Lipinski definition) is 4. The molecule has 1 spiro atoms. The molecule has 4 rings (SSSR count). The Balaban J connectivity index is 1.57. The van der Waals surface area contributed by atoms with Crippen LogP contribution in [0.4, 0.5) is 0 Å². The van der Waals surface area contributed by atoms with Gasteiger partial charge in [0.05, 0.1) is 22.7 Å². The number of carbonyl (C=O) groups excluding carboxylic acids is 1. The second-order valence-corrected chi connectivity index (χ2v) is 6.75. The first-order chi connectivity index (χ1) is 11.2. The lowest BCUT2D eigenvalue weighted by Crippen LogP contribution is -2.61. The first kappa shape index (κ1) is 14.7. The van der Waals surface area contributed by atoms with Gasteiger partial charge >= 0.3 is 0 Å². The number of aromatic amines is 1. The molecule has 6 heteroatoms. The summed E-state index contributed by atoms with van der Waals surface area (Å²) in [7, 11) is 0. The Morgan fingerprint density at radius 3 is 3.13 bits per heavy atom. The van der Waals surface area contributed by atoms with E-state index in [2.05, 4.69) is 26.5 Å². The van der Waals surface area contributed by atoms with E-state index in [0.717, 1.165) is 49.1 Å². The van der Waals surface area contributed by atoms with Gasteiger partial charge in [-0.1, -0.05) is 18.2 Å². The van der Waals surface area contributed by atoms with Gasteiger partial charge < -0.3 is 10.4 Å². The van der Waals surface area contributed by atoms with Crippen molar-refractivity contribution in [2.24, 2.45) is 5.41 Å². The molecular weight excluding hydrogens is 292 g/mol. The van der Waals surface area contributed by atoms with E-state index in [1.807, 2.05) is 18.2 Å². The second-order valence-electron chi connectivity index (χ2n) is 6.75. The van der Waals surface area contributed by atoms with Gasteiger partial charge in [-0.25, -0.2) is 0 Å². The highest BCUT2D eigenvalue weighted by Gasteiger charge is 2.49. The molecule has 0 aliphatic carbocycles. The van der Waals surface area contributed by atoms with Crippen molar-refractivity contribution in [3.63, 3.8) is 0 Å². The monoisotopic (exact) mass is 314 g/mol. The lowest BCUT2D eigenvalue weighted by atomic mass is 9.71. The summed E-state index contributed by atoms with van der Waals surface area (Å²) in [4.78, 5) is 14.7. The number of nitrogens with zero attached hydrogens (tertiary/aromatic N) is 2. The van der Waals surface area contributed by atoms with E-state index in [1.165, 1.54) is 0 Å². The highest BCUT2D eigenvalue weighted by Crippen LogP contribution is 2.37. The summed E-state index contributed by atoms with van der Waals surface area (Å²) in [6, 6.07) is 8.05. The number of fused-ring (bicyclic) bond motifs is 1. The third-order valence-electron chi connectivity index (χ3n) is 5.32. The van der Waals surface area contributed by atoms with Crippen LogP contribution in [-0.4, -0.2) is 51.8 Å². The molecule has 122 valence electrons. The summed E-state index contributed by atoms with van der Waals surface area (Å²) in [5.74, 6) is 0.00965. The van der Waals surface area contributed by atoms with E-state index in [1.54, 1.807) is 0 Å². The normalized spacial score (nSPS) is 29.1. The number of aliphatic hydroxyl groups excluding tert-OH is 1. The number of nitrogens with one attached hydrogen (secondary N) is 2. The Morgan fingerprint density at radius 1 is 1.39 bits per heavy atom. The molecule has 1 aromatic carbocycles. The van der Waals surface area contributed by atoms with E-state index in [-0.39, 0.29) is 5.91 Å². The Kier molecular flexibility index (Phi) is 3.58. The van der Waals surface area contributed by atoms with Crippen LogP contribution in [0.2, 0.25) is 0 Å². The van der Waals surface area contributed by atoms with Gasteiger partial charge in [0.15, 0.2) is 0 Å². The van der Waals surface area contributed by atoms with Gasteiger partial charge in [0.1, 0.15) is 0 Å². The van der Waals surface area contributed by atoms with Crippen molar-refractivity contribution in [2.45, 2.75) is 31.9 Å². The van der Waals surface area contributed by atoms with Crippen molar-refractivity contribution in [3.05, 3.63) is 30.0 Å². The molecule has 0 saturated carbocycles. The Bertz CT molecular complexity index is 728. The van der Waals surface area contributed by atoms with Gasteiger partial charge in [0, 0.05) is 31.6 Å². The minimum Gasteiger partial charge on any atom is -0.392 e. The molecule has 2 atom stereocenters. The molecule has 1 aromatic heterocycles. The zero-order valence-electron chi connectivity index (χ0n) is 13.1. The zero-order valence-corrected chi connectivity index (χ0v) is 13.1. The number of likely N-dealkylation sites (tertiary alicyclic amines) is 1. The summed E-state index contributed by atoms with van der Waals surface area (Å²) in [6.07, 6.45) is 1.79. The Hall–Kier alpha value is -1.92. The first-order valence-corrected chi connectivity index (χ1v) is 8.30. The summed E-state index contributed by atoms with van der Waals surface area (Å²) in [6.45, 7) is 2.84. The second kappa shape index (κ2) is 5.62. The summed E-state index contributed by atoms with van der Waals surface area (Å²) in [5, 5.41) is 22.0. The smallest absolute Gasteiger partial charge is 0.230 e. The fourth-order valence-corrected chi connectivity index (χ4v) is 4.02. The van der Waals surface area contributed by atoms with E-state index >= 15 is 0 Å². The standard InChI is InChI=1S/C17H22N4O2/c22-15-6-9-21(11-17(15)7-3-8-18-16(17)23)10-14-12-4-1-2-5-13(12)19-20-14/h1-2,4-5,15,22H,3,6-11H2,(H,18,23)(H,19,20)/t15-,17-/m1/s1. The number of H-pyrrole nitrogens is 1. The molecule has 0 unspecified atom stereocenters. The Morgan fingerprint density at radius 2 is 2.26 bits per heavy atom. The Labute approximate surface area is 134 Å². The third-order valence-corrected chi connectivity index (χ3v) is 5.32. The van der Waals surface area contributed by atoms with Crippen molar-refractivity contribution in [1.29, 1.82) is 0 Å². The number of aliphatic hydroxyl groups is 1. The maximum Gasteiger partial charge on any atom is 0.230 e. The van der Waals surface area contributed by atoms with Gasteiger partial charge in [-0.3, -0.25) is 14.8 Å². The van der Waals surface area contributed by atoms with Gasteiger partial charge in [-0.05, 0) is 25.3 Å². The quantitative estimate of drug-likeness (QED) is 0.773. The summed E-state index contributed by atoms with van der Waals surface area (Å²) < 4.78 is 0.